The number of carbonyl (C=O) groups excluding carboxylic acids is 1. The molecule has 0 atom stereocenters. The maximum Gasteiger partial charge on any atom is 0.255 e. The summed E-state index contributed by atoms with van der Waals surface area (Å²) in [7, 11) is 0. The van der Waals surface area contributed by atoms with Gasteiger partial charge in [0.1, 0.15) is 12.1 Å². The molecule has 6 nitrogen and oxygen atoms in total. The standard InChI is InChI=1S/C18H21N5O/c24-18(15-5-2-6-19-12-15)23-9-7-22(8-10-23)17-11-16(20-13-21-17)14-3-1-4-14/h2,5-6,11-14H,1,3-4,7-10H2. The molecular formula is C18H21N5O. The molecule has 2 fully saturated rings. The number of amides is 1. The minimum atomic E-state index is 0.0561. The highest BCUT2D eigenvalue weighted by atomic mass is 16.2. The molecule has 4 rings (SSSR count). The number of aromatic nitrogens is 3. The van der Waals surface area contributed by atoms with Gasteiger partial charge in [0.15, 0.2) is 0 Å². The number of hydrogen-bond acceptors (Lipinski definition) is 5. The smallest absolute Gasteiger partial charge is 0.255 e. The van der Waals surface area contributed by atoms with Crippen LogP contribution in [0, 0.1) is 0 Å². The molecule has 6 heteroatoms. The van der Waals surface area contributed by atoms with Crippen molar-refractivity contribution in [3.63, 3.8) is 0 Å². The van der Waals surface area contributed by atoms with Crippen molar-refractivity contribution in [2.24, 2.45) is 0 Å². The van der Waals surface area contributed by atoms with Crippen LogP contribution < -0.4 is 4.90 Å². The summed E-state index contributed by atoms with van der Waals surface area (Å²) in [6.07, 6.45) is 8.77. The zero-order chi connectivity index (χ0) is 16.4. The Labute approximate surface area is 141 Å². The first-order valence-corrected chi connectivity index (χ1v) is 8.57. The van der Waals surface area contributed by atoms with Crippen LogP contribution in [0.4, 0.5) is 5.82 Å². The van der Waals surface area contributed by atoms with E-state index in [9.17, 15) is 4.79 Å². The summed E-state index contributed by atoms with van der Waals surface area (Å²) in [5, 5.41) is 0. The maximum atomic E-state index is 12.5. The molecule has 1 aliphatic carbocycles. The highest BCUT2D eigenvalue weighted by molar-refractivity contribution is 5.94. The van der Waals surface area contributed by atoms with E-state index in [4.69, 9.17) is 0 Å². The number of rotatable bonds is 3. The van der Waals surface area contributed by atoms with E-state index in [1.54, 1.807) is 24.8 Å². The van der Waals surface area contributed by atoms with E-state index in [-0.39, 0.29) is 5.91 Å². The van der Waals surface area contributed by atoms with Gasteiger partial charge in [-0.05, 0) is 25.0 Å². The second kappa shape index (κ2) is 6.55. The van der Waals surface area contributed by atoms with Crippen LogP contribution in [0.15, 0.2) is 36.9 Å². The first-order valence-electron chi connectivity index (χ1n) is 8.57. The molecule has 0 radical (unpaired) electrons. The first kappa shape index (κ1) is 15.1. The lowest BCUT2D eigenvalue weighted by atomic mass is 9.83. The number of hydrogen-bond donors (Lipinski definition) is 0. The zero-order valence-electron chi connectivity index (χ0n) is 13.6. The largest absolute Gasteiger partial charge is 0.353 e. The predicted molar refractivity (Wildman–Crippen MR) is 91.0 cm³/mol. The van der Waals surface area contributed by atoms with Crippen molar-refractivity contribution < 1.29 is 4.79 Å². The molecule has 124 valence electrons. The van der Waals surface area contributed by atoms with E-state index in [1.165, 1.54) is 25.0 Å². The van der Waals surface area contributed by atoms with Gasteiger partial charge < -0.3 is 9.80 Å². The lowest BCUT2D eigenvalue weighted by Crippen LogP contribution is -2.49. The summed E-state index contributed by atoms with van der Waals surface area (Å²) in [4.78, 5) is 29.5. The second-order valence-electron chi connectivity index (χ2n) is 6.45. The molecule has 1 saturated heterocycles. The average molecular weight is 323 g/mol. The third-order valence-corrected chi connectivity index (χ3v) is 5.00. The first-order chi connectivity index (χ1) is 11.8. The molecule has 2 aromatic heterocycles. The highest BCUT2D eigenvalue weighted by Crippen LogP contribution is 2.35. The Balaban J connectivity index is 1.40. The van der Waals surface area contributed by atoms with Crippen LogP contribution in [0.5, 0.6) is 0 Å². The molecule has 1 aliphatic heterocycles. The van der Waals surface area contributed by atoms with Crippen molar-refractivity contribution in [2.45, 2.75) is 25.2 Å². The van der Waals surface area contributed by atoms with Crippen LogP contribution in [0.3, 0.4) is 0 Å². The molecule has 0 N–H and O–H groups in total. The van der Waals surface area contributed by atoms with Gasteiger partial charge in [0.2, 0.25) is 0 Å². The Bertz CT molecular complexity index is 708. The van der Waals surface area contributed by atoms with E-state index in [0.29, 0.717) is 24.6 Å². The molecule has 24 heavy (non-hydrogen) atoms. The molecule has 2 aliphatic rings. The molecule has 3 heterocycles. The van der Waals surface area contributed by atoms with E-state index in [1.807, 2.05) is 11.0 Å². The molecular weight excluding hydrogens is 302 g/mol. The fourth-order valence-electron chi connectivity index (χ4n) is 3.27. The normalized spacial score (nSPS) is 18.3. The van der Waals surface area contributed by atoms with Crippen molar-refractivity contribution in [1.82, 2.24) is 19.9 Å². The van der Waals surface area contributed by atoms with Crippen LogP contribution in [0.1, 0.15) is 41.2 Å². The monoisotopic (exact) mass is 323 g/mol. The quantitative estimate of drug-likeness (QED) is 0.865. The second-order valence-corrected chi connectivity index (χ2v) is 6.45. The van der Waals surface area contributed by atoms with Gasteiger partial charge in [-0.3, -0.25) is 9.78 Å². The molecule has 0 aromatic carbocycles. The van der Waals surface area contributed by atoms with Crippen molar-refractivity contribution in [2.75, 3.05) is 31.1 Å². The van der Waals surface area contributed by atoms with Gasteiger partial charge >= 0.3 is 0 Å². The number of piperazine rings is 1. The van der Waals surface area contributed by atoms with Crippen LogP contribution >= 0.6 is 0 Å². The van der Waals surface area contributed by atoms with Crippen LogP contribution in [-0.2, 0) is 0 Å². The van der Waals surface area contributed by atoms with Gasteiger partial charge in [-0.15, -0.1) is 0 Å². The third-order valence-electron chi connectivity index (χ3n) is 5.00. The number of carbonyl (C=O) groups is 1. The fourth-order valence-corrected chi connectivity index (χ4v) is 3.27. The van der Waals surface area contributed by atoms with Gasteiger partial charge in [-0.2, -0.15) is 0 Å². The average Bonchev–Trinajstić information content (AvgIpc) is 2.61. The SMILES string of the molecule is O=C(c1cccnc1)N1CCN(c2cc(C3CCC3)ncn2)CC1. The summed E-state index contributed by atoms with van der Waals surface area (Å²) in [5.41, 5.74) is 1.82. The summed E-state index contributed by atoms with van der Waals surface area (Å²) in [6.45, 7) is 3.01. The molecule has 1 amide bonds. The Kier molecular flexibility index (Phi) is 4.11. The van der Waals surface area contributed by atoms with E-state index >= 15 is 0 Å². The molecule has 0 unspecified atom stereocenters. The topological polar surface area (TPSA) is 62.2 Å². The fraction of sp³-hybridized carbons (Fsp3) is 0.444. The van der Waals surface area contributed by atoms with E-state index < -0.39 is 0 Å². The van der Waals surface area contributed by atoms with Crippen LogP contribution in [-0.4, -0.2) is 51.9 Å². The van der Waals surface area contributed by atoms with Crippen molar-refractivity contribution in [3.05, 3.63) is 48.2 Å². The molecule has 0 spiro atoms. The van der Waals surface area contributed by atoms with Crippen molar-refractivity contribution in [3.8, 4) is 0 Å². The molecule has 2 aromatic rings. The van der Waals surface area contributed by atoms with Gasteiger partial charge in [-0.25, -0.2) is 9.97 Å². The number of pyridine rings is 1. The minimum absolute atomic E-state index is 0.0561. The Hall–Kier alpha value is -2.50. The Morgan fingerprint density at radius 1 is 1.12 bits per heavy atom. The number of anilines is 1. The van der Waals surface area contributed by atoms with Gasteiger partial charge in [0, 0.05) is 56.3 Å². The van der Waals surface area contributed by atoms with Crippen LogP contribution in [0.2, 0.25) is 0 Å². The van der Waals surface area contributed by atoms with Crippen LogP contribution in [0.25, 0.3) is 0 Å². The zero-order valence-corrected chi connectivity index (χ0v) is 13.6. The molecule has 0 bridgehead atoms. The maximum absolute atomic E-state index is 12.5. The lowest BCUT2D eigenvalue weighted by molar-refractivity contribution is 0.0746. The summed E-state index contributed by atoms with van der Waals surface area (Å²) in [5.74, 6) is 1.65. The van der Waals surface area contributed by atoms with E-state index in [0.717, 1.165) is 18.9 Å². The Morgan fingerprint density at radius 3 is 2.62 bits per heavy atom. The van der Waals surface area contributed by atoms with Crippen molar-refractivity contribution >= 4 is 11.7 Å². The number of nitrogens with zero attached hydrogens (tertiary/aromatic N) is 5. The van der Waals surface area contributed by atoms with Gasteiger partial charge in [-0.1, -0.05) is 6.42 Å². The van der Waals surface area contributed by atoms with Gasteiger partial charge in [0.05, 0.1) is 5.56 Å². The summed E-state index contributed by atoms with van der Waals surface area (Å²) in [6, 6.07) is 5.74. The predicted octanol–water partition coefficient (Wildman–Crippen LogP) is 2.10. The minimum Gasteiger partial charge on any atom is -0.353 e. The van der Waals surface area contributed by atoms with Crippen molar-refractivity contribution in [1.29, 1.82) is 0 Å². The highest BCUT2D eigenvalue weighted by Gasteiger charge is 2.25. The Morgan fingerprint density at radius 2 is 1.96 bits per heavy atom. The third kappa shape index (κ3) is 2.96. The summed E-state index contributed by atoms with van der Waals surface area (Å²) >= 11 is 0. The summed E-state index contributed by atoms with van der Waals surface area (Å²) < 4.78 is 0. The lowest BCUT2D eigenvalue weighted by Gasteiger charge is -2.35. The molecule has 1 saturated carbocycles. The van der Waals surface area contributed by atoms with Gasteiger partial charge in [0.25, 0.3) is 5.91 Å². The van der Waals surface area contributed by atoms with E-state index in [2.05, 4.69) is 25.9 Å².